The van der Waals surface area contributed by atoms with E-state index < -0.39 is 6.10 Å². The number of hydrogen-bond donors (Lipinski definition) is 0. The van der Waals surface area contributed by atoms with Crippen molar-refractivity contribution in [3.63, 3.8) is 0 Å². The minimum Gasteiger partial charge on any atom is -0.462 e. The van der Waals surface area contributed by atoms with E-state index in [4.69, 9.17) is 14.2 Å². The molecule has 0 radical (unpaired) electrons. The van der Waals surface area contributed by atoms with Crippen molar-refractivity contribution in [3.8, 4) is 0 Å². The van der Waals surface area contributed by atoms with Crippen molar-refractivity contribution in [2.24, 2.45) is 0 Å². The predicted molar refractivity (Wildman–Crippen MR) is 252 cm³/mol. The van der Waals surface area contributed by atoms with Gasteiger partial charge >= 0.3 is 11.9 Å². The minimum absolute atomic E-state index is 0.0978. The van der Waals surface area contributed by atoms with Crippen LogP contribution in [-0.4, -0.2) is 37.9 Å². The summed E-state index contributed by atoms with van der Waals surface area (Å²) in [5.74, 6) is -0.369. The Labute approximate surface area is 363 Å². The molecule has 0 aromatic carbocycles. The van der Waals surface area contributed by atoms with Crippen LogP contribution in [0.5, 0.6) is 0 Å². The molecule has 0 aliphatic rings. The van der Waals surface area contributed by atoms with Gasteiger partial charge in [-0.2, -0.15) is 0 Å². The SMILES string of the molecule is CCCCCCCCCCCCCCCCCC(=O)OCC(COCCCCCCCCCCCCCC)OC(=O)CCCCCCCCCCCCCCCCC. The van der Waals surface area contributed by atoms with Crippen LogP contribution < -0.4 is 0 Å². The first-order valence-corrected chi connectivity index (χ1v) is 26.6. The lowest BCUT2D eigenvalue weighted by Crippen LogP contribution is -2.30. The van der Waals surface area contributed by atoms with Gasteiger partial charge in [0.2, 0.25) is 0 Å². The molecule has 0 aliphatic heterocycles. The Morgan fingerprint density at radius 3 is 0.879 bits per heavy atom. The monoisotopic (exact) mass is 821 g/mol. The number of esters is 2. The van der Waals surface area contributed by atoms with Crippen LogP contribution in [-0.2, 0) is 23.8 Å². The first kappa shape index (κ1) is 56.9. The molecule has 0 aromatic heterocycles. The Morgan fingerprint density at radius 2 is 0.569 bits per heavy atom. The van der Waals surface area contributed by atoms with Gasteiger partial charge in [0.25, 0.3) is 0 Å². The summed E-state index contributed by atoms with van der Waals surface area (Å²) in [6, 6.07) is 0. The Kier molecular flexibility index (Phi) is 49.3. The zero-order valence-electron chi connectivity index (χ0n) is 39.9. The van der Waals surface area contributed by atoms with E-state index in [-0.39, 0.29) is 18.5 Å². The number of rotatable bonds is 50. The van der Waals surface area contributed by atoms with Crippen molar-refractivity contribution in [2.75, 3.05) is 19.8 Å². The first-order chi connectivity index (χ1) is 28.6. The average molecular weight is 821 g/mol. The fourth-order valence-corrected chi connectivity index (χ4v) is 8.16. The third kappa shape index (κ3) is 47.6. The van der Waals surface area contributed by atoms with Gasteiger partial charge < -0.3 is 14.2 Å². The molecule has 0 N–H and O–H groups in total. The summed E-state index contributed by atoms with van der Waals surface area (Å²) in [5, 5.41) is 0. The first-order valence-electron chi connectivity index (χ1n) is 26.6. The number of unbranched alkanes of at least 4 members (excludes halogenated alkanes) is 39. The second-order valence-electron chi connectivity index (χ2n) is 18.2. The fourth-order valence-electron chi connectivity index (χ4n) is 8.16. The van der Waals surface area contributed by atoms with Crippen molar-refractivity contribution in [1.82, 2.24) is 0 Å². The largest absolute Gasteiger partial charge is 0.462 e. The number of hydrogen-bond acceptors (Lipinski definition) is 5. The molecule has 0 aliphatic carbocycles. The maximum atomic E-state index is 12.8. The van der Waals surface area contributed by atoms with Gasteiger partial charge in [-0.25, -0.2) is 0 Å². The highest BCUT2D eigenvalue weighted by Crippen LogP contribution is 2.17. The highest BCUT2D eigenvalue weighted by atomic mass is 16.6. The lowest BCUT2D eigenvalue weighted by atomic mass is 10.0. The molecule has 0 saturated carbocycles. The molecule has 0 saturated heterocycles. The van der Waals surface area contributed by atoms with Gasteiger partial charge in [-0.15, -0.1) is 0 Å². The van der Waals surface area contributed by atoms with Gasteiger partial charge in [-0.05, 0) is 19.3 Å². The van der Waals surface area contributed by atoms with Gasteiger partial charge in [0.15, 0.2) is 6.10 Å². The summed E-state index contributed by atoms with van der Waals surface area (Å²) in [7, 11) is 0. The topological polar surface area (TPSA) is 61.8 Å². The van der Waals surface area contributed by atoms with E-state index in [2.05, 4.69) is 20.8 Å². The predicted octanol–water partition coefficient (Wildman–Crippen LogP) is 17.7. The van der Waals surface area contributed by atoms with E-state index in [9.17, 15) is 9.59 Å². The quantitative estimate of drug-likeness (QED) is 0.0452. The normalized spacial score (nSPS) is 12.0. The summed E-state index contributed by atoms with van der Waals surface area (Å²) in [6.45, 7) is 7.91. The molecule has 0 fully saturated rings. The van der Waals surface area contributed by atoms with E-state index in [0.717, 1.165) is 32.1 Å². The van der Waals surface area contributed by atoms with E-state index in [1.807, 2.05) is 0 Å². The Balaban J connectivity index is 4.17. The molecular formula is C53H104O5. The zero-order valence-corrected chi connectivity index (χ0v) is 39.9. The molecule has 5 nitrogen and oxygen atoms in total. The van der Waals surface area contributed by atoms with Gasteiger partial charge in [0.05, 0.1) is 6.61 Å². The van der Waals surface area contributed by atoms with Crippen molar-refractivity contribution in [3.05, 3.63) is 0 Å². The summed E-state index contributed by atoms with van der Waals surface area (Å²) in [4.78, 5) is 25.4. The van der Waals surface area contributed by atoms with Gasteiger partial charge in [-0.3, -0.25) is 9.59 Å². The molecule has 346 valence electrons. The van der Waals surface area contributed by atoms with Crippen LogP contribution in [0.3, 0.4) is 0 Å². The lowest BCUT2D eigenvalue weighted by Gasteiger charge is -2.18. The molecule has 1 unspecified atom stereocenters. The highest BCUT2D eigenvalue weighted by Gasteiger charge is 2.17. The molecule has 0 amide bonds. The maximum absolute atomic E-state index is 12.8. The Morgan fingerprint density at radius 1 is 0.310 bits per heavy atom. The van der Waals surface area contributed by atoms with Crippen LogP contribution in [0.15, 0.2) is 0 Å². The van der Waals surface area contributed by atoms with Crippen molar-refractivity contribution >= 4 is 11.9 Å². The third-order valence-corrected chi connectivity index (χ3v) is 12.1. The molecule has 0 spiro atoms. The number of carbonyl (C=O) groups excluding carboxylic acids is 2. The van der Waals surface area contributed by atoms with E-state index in [1.165, 1.54) is 238 Å². The van der Waals surface area contributed by atoms with Crippen LogP contribution in [0.4, 0.5) is 0 Å². The van der Waals surface area contributed by atoms with Crippen molar-refractivity contribution < 1.29 is 23.8 Å². The van der Waals surface area contributed by atoms with Gasteiger partial charge in [0, 0.05) is 19.4 Å². The standard InChI is InChI=1S/C53H104O5/c1-4-7-10-13-16-19-22-25-27-29-31-34-37-40-43-46-52(54)57-50-51(49-56-48-45-42-39-36-33-24-21-18-15-12-9-6-3)58-53(55)47-44-41-38-35-32-30-28-26-23-20-17-14-11-8-5-2/h51H,4-50H2,1-3H3. The summed E-state index contributed by atoms with van der Waals surface area (Å²) < 4.78 is 17.4. The smallest absolute Gasteiger partial charge is 0.306 e. The second kappa shape index (κ2) is 50.3. The van der Waals surface area contributed by atoms with Crippen LogP contribution in [0, 0.1) is 0 Å². The summed E-state index contributed by atoms with van der Waals surface area (Å²) >= 11 is 0. The van der Waals surface area contributed by atoms with Crippen LogP contribution in [0.25, 0.3) is 0 Å². The molecule has 58 heavy (non-hydrogen) atoms. The van der Waals surface area contributed by atoms with E-state index in [0.29, 0.717) is 26.1 Å². The molecular weight excluding hydrogens is 717 g/mol. The molecule has 0 aromatic rings. The molecule has 1 atom stereocenters. The number of carbonyl (C=O) groups is 2. The van der Waals surface area contributed by atoms with Crippen LogP contribution in [0.2, 0.25) is 0 Å². The van der Waals surface area contributed by atoms with E-state index in [1.54, 1.807) is 0 Å². The van der Waals surface area contributed by atoms with Crippen molar-refractivity contribution in [2.45, 2.75) is 309 Å². The second-order valence-corrected chi connectivity index (χ2v) is 18.2. The fraction of sp³-hybridized carbons (Fsp3) is 0.962. The van der Waals surface area contributed by atoms with E-state index >= 15 is 0 Å². The maximum Gasteiger partial charge on any atom is 0.306 e. The average Bonchev–Trinajstić information content (AvgIpc) is 3.22. The van der Waals surface area contributed by atoms with Crippen LogP contribution >= 0.6 is 0 Å². The molecule has 0 heterocycles. The van der Waals surface area contributed by atoms with Gasteiger partial charge in [0.1, 0.15) is 6.61 Å². The van der Waals surface area contributed by atoms with Crippen LogP contribution in [0.1, 0.15) is 303 Å². The summed E-state index contributed by atoms with van der Waals surface area (Å²) in [6.07, 6.45) is 55.3. The summed E-state index contributed by atoms with van der Waals surface area (Å²) in [5.41, 5.74) is 0. The zero-order chi connectivity index (χ0) is 42.1. The Bertz CT molecular complexity index is 799. The lowest BCUT2D eigenvalue weighted by molar-refractivity contribution is -0.163. The Hall–Kier alpha value is -1.10. The third-order valence-electron chi connectivity index (χ3n) is 12.1. The molecule has 5 heteroatoms. The molecule has 0 bridgehead atoms. The van der Waals surface area contributed by atoms with Gasteiger partial charge in [-0.1, -0.05) is 271 Å². The minimum atomic E-state index is -0.522. The highest BCUT2D eigenvalue weighted by molar-refractivity contribution is 5.70. The number of ether oxygens (including phenoxy) is 3. The molecule has 0 rings (SSSR count). The van der Waals surface area contributed by atoms with Crippen molar-refractivity contribution in [1.29, 1.82) is 0 Å².